The van der Waals surface area contributed by atoms with E-state index in [-0.39, 0.29) is 36.4 Å². The summed E-state index contributed by atoms with van der Waals surface area (Å²) >= 11 is 0. The van der Waals surface area contributed by atoms with Crippen molar-refractivity contribution in [2.75, 3.05) is 0 Å². The summed E-state index contributed by atoms with van der Waals surface area (Å²) in [6.45, 7) is 18.0. The van der Waals surface area contributed by atoms with Gasteiger partial charge in [-0.25, -0.2) is 0 Å². The van der Waals surface area contributed by atoms with Gasteiger partial charge in [0.15, 0.2) is 0 Å². The van der Waals surface area contributed by atoms with Crippen molar-refractivity contribution in [3.05, 3.63) is 144 Å². The van der Waals surface area contributed by atoms with E-state index in [4.69, 9.17) is 9.40 Å². The van der Waals surface area contributed by atoms with Crippen LogP contribution < -0.4 is 0 Å². The number of fused-ring (bicyclic) bond motifs is 6. The number of aromatic nitrogens is 2. The molecule has 0 bridgehead atoms. The zero-order chi connectivity index (χ0) is 33.8. The summed E-state index contributed by atoms with van der Waals surface area (Å²) in [6, 6.07) is 40.5. The third-order valence-corrected chi connectivity index (χ3v) is 9.61. The molecule has 3 nitrogen and oxygen atoms in total. The van der Waals surface area contributed by atoms with Crippen LogP contribution in [0.4, 0.5) is 0 Å². The molecular weight excluding hydrogens is 777 g/mol. The number of nitrogens with zero attached hydrogens (tertiary/aromatic N) is 2. The van der Waals surface area contributed by atoms with Gasteiger partial charge in [-0.1, -0.05) is 121 Å². The van der Waals surface area contributed by atoms with Crippen LogP contribution in [-0.4, -0.2) is 9.97 Å². The molecule has 0 saturated heterocycles. The van der Waals surface area contributed by atoms with Crippen LogP contribution >= 0.6 is 0 Å². The zero-order valence-electron chi connectivity index (χ0n) is 29.5. The van der Waals surface area contributed by atoms with Gasteiger partial charge < -0.3 is 14.4 Å². The van der Waals surface area contributed by atoms with Gasteiger partial charge in [0.1, 0.15) is 5.58 Å². The quantitative estimate of drug-likeness (QED) is 0.163. The van der Waals surface area contributed by atoms with Crippen LogP contribution in [-0.2, 0) is 36.4 Å². The molecule has 0 saturated carbocycles. The molecule has 0 fully saturated rings. The van der Waals surface area contributed by atoms with Gasteiger partial charge in [0, 0.05) is 37.9 Å². The molecule has 0 aliphatic heterocycles. The number of furan rings is 1. The Bertz CT molecular complexity index is 2300. The largest absolute Gasteiger partial charge is 0.500 e. The van der Waals surface area contributed by atoms with Gasteiger partial charge in [0.05, 0.1) is 5.58 Å². The van der Waals surface area contributed by atoms with Gasteiger partial charge in [-0.3, -0.25) is 0 Å². The van der Waals surface area contributed by atoms with E-state index in [9.17, 15) is 0 Å². The van der Waals surface area contributed by atoms with Gasteiger partial charge in [-0.05, 0) is 68.1 Å². The minimum absolute atomic E-state index is 0. The van der Waals surface area contributed by atoms with Gasteiger partial charge >= 0.3 is 0 Å². The van der Waals surface area contributed by atoms with Crippen LogP contribution in [0, 0.1) is 12.1 Å². The van der Waals surface area contributed by atoms with E-state index in [0.29, 0.717) is 0 Å². The standard InChI is InChI=1S/C24H24N.C21H18NO.Ir/c1-23(2,3)16-13-14-25-21(15-16)19-11-8-10-18-17-9-6-7-12-20(17)24(4,5)22(18)19;1-21(2,3)15-10-11-22-18(13-15)14-8-9-20-17(12-14)16-6-4-5-7-19(16)23-20;/h6-10,12-15H,1-5H3;4-7,9-13H,1-3H3;/q2*-1;. The third-order valence-electron chi connectivity index (χ3n) is 9.61. The molecule has 7 aromatic rings. The first-order chi connectivity index (χ1) is 22.8. The second-order valence-electron chi connectivity index (χ2n) is 15.4. The molecule has 8 rings (SSSR count). The number of benzene rings is 4. The molecule has 3 aromatic heterocycles. The number of hydrogen-bond acceptors (Lipinski definition) is 3. The fourth-order valence-electron chi connectivity index (χ4n) is 6.87. The van der Waals surface area contributed by atoms with Crippen molar-refractivity contribution >= 4 is 21.9 Å². The Balaban J connectivity index is 0.000000167. The summed E-state index contributed by atoms with van der Waals surface area (Å²) in [6.07, 6.45) is 3.81. The molecule has 0 N–H and O–H groups in total. The predicted molar refractivity (Wildman–Crippen MR) is 199 cm³/mol. The Labute approximate surface area is 304 Å². The van der Waals surface area contributed by atoms with Crippen molar-refractivity contribution in [2.45, 2.75) is 71.6 Å². The summed E-state index contributed by atoms with van der Waals surface area (Å²) < 4.78 is 5.87. The first kappa shape index (κ1) is 34.5. The van der Waals surface area contributed by atoms with Crippen LogP contribution in [0.2, 0.25) is 0 Å². The van der Waals surface area contributed by atoms with Crippen LogP contribution in [0.3, 0.4) is 0 Å². The summed E-state index contributed by atoms with van der Waals surface area (Å²) in [4.78, 5) is 9.23. The topological polar surface area (TPSA) is 38.9 Å². The monoisotopic (exact) mass is 819 g/mol. The fraction of sp³-hybridized carbons (Fsp3) is 0.244. The molecular formula is C45H42IrN2O-2. The van der Waals surface area contributed by atoms with Crippen LogP contribution in [0.1, 0.15) is 77.6 Å². The third kappa shape index (κ3) is 6.41. The van der Waals surface area contributed by atoms with E-state index in [1.807, 2.05) is 42.7 Å². The molecule has 0 spiro atoms. The summed E-state index contributed by atoms with van der Waals surface area (Å²) in [5, 5.41) is 2.24. The Kier molecular flexibility index (Phi) is 9.03. The minimum Gasteiger partial charge on any atom is -0.500 e. The molecule has 3 heterocycles. The molecule has 1 radical (unpaired) electrons. The molecule has 0 unspecified atom stereocenters. The molecule has 249 valence electrons. The average molecular weight is 819 g/mol. The Morgan fingerprint density at radius 2 is 1.27 bits per heavy atom. The summed E-state index contributed by atoms with van der Waals surface area (Å²) in [5.74, 6) is 0. The van der Waals surface area contributed by atoms with Gasteiger partial charge in [0.25, 0.3) is 0 Å². The SMILES string of the molecule is CC(C)(C)c1ccnc(-c2[c-]cc3oc4ccccc4c3c2)c1.CC(C)(C)c1ccnc(-c2[c-]ccc3c2C(C)(C)c2ccccc2-3)c1.[Ir]. The van der Waals surface area contributed by atoms with Gasteiger partial charge in [-0.2, -0.15) is 0 Å². The Morgan fingerprint density at radius 3 is 1.98 bits per heavy atom. The van der Waals surface area contributed by atoms with E-state index in [0.717, 1.165) is 44.5 Å². The molecule has 0 amide bonds. The van der Waals surface area contributed by atoms with Crippen molar-refractivity contribution in [2.24, 2.45) is 0 Å². The van der Waals surface area contributed by atoms with Crippen molar-refractivity contribution in [1.29, 1.82) is 0 Å². The fourth-order valence-corrected chi connectivity index (χ4v) is 6.87. The van der Waals surface area contributed by atoms with Crippen LogP contribution in [0.15, 0.2) is 114 Å². The van der Waals surface area contributed by atoms with Crippen LogP contribution in [0.25, 0.3) is 55.6 Å². The second-order valence-corrected chi connectivity index (χ2v) is 15.4. The second kappa shape index (κ2) is 12.8. The first-order valence-electron chi connectivity index (χ1n) is 16.7. The predicted octanol–water partition coefficient (Wildman–Crippen LogP) is 11.9. The zero-order valence-corrected chi connectivity index (χ0v) is 31.9. The van der Waals surface area contributed by atoms with Crippen molar-refractivity contribution in [1.82, 2.24) is 9.97 Å². The maximum atomic E-state index is 5.87. The smallest absolute Gasteiger partial charge is 0.120 e. The molecule has 49 heavy (non-hydrogen) atoms. The number of hydrogen-bond donors (Lipinski definition) is 0. The molecule has 4 aromatic carbocycles. The van der Waals surface area contributed by atoms with E-state index in [1.165, 1.54) is 33.4 Å². The summed E-state index contributed by atoms with van der Waals surface area (Å²) in [7, 11) is 0. The Hall–Kier alpha value is -4.37. The van der Waals surface area contributed by atoms with Crippen LogP contribution in [0.5, 0.6) is 0 Å². The van der Waals surface area contributed by atoms with E-state index >= 15 is 0 Å². The maximum Gasteiger partial charge on any atom is 0.120 e. The van der Waals surface area contributed by atoms with E-state index in [1.54, 1.807) is 0 Å². The molecule has 1 aliphatic rings. The van der Waals surface area contributed by atoms with Crippen molar-refractivity contribution in [3.8, 4) is 33.6 Å². The summed E-state index contributed by atoms with van der Waals surface area (Å²) in [5.41, 5.74) is 14.0. The van der Waals surface area contributed by atoms with E-state index < -0.39 is 0 Å². The van der Waals surface area contributed by atoms with Crippen molar-refractivity contribution in [3.63, 3.8) is 0 Å². The normalized spacial score (nSPS) is 13.3. The van der Waals surface area contributed by atoms with Crippen molar-refractivity contribution < 1.29 is 24.5 Å². The van der Waals surface area contributed by atoms with Gasteiger partial charge in [-0.15, -0.1) is 53.1 Å². The number of rotatable bonds is 2. The first-order valence-corrected chi connectivity index (χ1v) is 16.7. The van der Waals surface area contributed by atoms with Gasteiger partial charge in [0.2, 0.25) is 0 Å². The Morgan fingerprint density at radius 1 is 0.633 bits per heavy atom. The maximum absolute atomic E-state index is 5.87. The molecule has 1 aliphatic carbocycles. The average Bonchev–Trinajstić information content (AvgIpc) is 3.56. The molecule has 4 heteroatoms. The van der Waals surface area contributed by atoms with E-state index in [2.05, 4.69) is 139 Å². The number of para-hydroxylation sites is 1. The molecule has 0 atom stereocenters. The minimum atomic E-state index is -0.0432. The number of pyridine rings is 2.